The van der Waals surface area contributed by atoms with Crippen LogP contribution in [0.25, 0.3) is 33.6 Å². The highest BCUT2D eigenvalue weighted by molar-refractivity contribution is 5.83. The van der Waals surface area contributed by atoms with Gasteiger partial charge in [0.15, 0.2) is 0 Å². The van der Waals surface area contributed by atoms with Gasteiger partial charge in [-0.1, -0.05) is 48.5 Å². The van der Waals surface area contributed by atoms with Crippen LogP contribution in [-0.2, 0) is 6.54 Å². The summed E-state index contributed by atoms with van der Waals surface area (Å²) >= 11 is 0. The second-order valence-corrected chi connectivity index (χ2v) is 6.59. The monoisotopic (exact) mass is 358 g/mol. The van der Waals surface area contributed by atoms with Crippen LogP contribution in [0.2, 0.25) is 0 Å². The first kappa shape index (κ1) is 17.5. The Hall–Kier alpha value is -2.95. The molecule has 136 valence electrons. The third kappa shape index (κ3) is 3.63. The molecule has 0 atom stereocenters. The summed E-state index contributed by atoms with van der Waals surface area (Å²) < 4.78 is 6.03. The Morgan fingerprint density at radius 2 is 1.81 bits per heavy atom. The van der Waals surface area contributed by atoms with E-state index >= 15 is 0 Å². The van der Waals surface area contributed by atoms with Gasteiger partial charge in [0.05, 0.1) is 6.61 Å². The fraction of sp³-hybridized carbons (Fsp3) is 0.174. The van der Waals surface area contributed by atoms with E-state index in [-0.39, 0.29) is 6.61 Å². The molecule has 0 aliphatic heterocycles. The summed E-state index contributed by atoms with van der Waals surface area (Å²) in [6, 6.07) is 20.8. The lowest BCUT2D eigenvalue weighted by atomic mass is 9.95. The minimum absolute atomic E-state index is 0.128. The highest BCUT2D eigenvalue weighted by atomic mass is 16.3. The van der Waals surface area contributed by atoms with E-state index in [0.29, 0.717) is 18.8 Å². The van der Waals surface area contributed by atoms with Crippen LogP contribution in [0.1, 0.15) is 11.1 Å². The van der Waals surface area contributed by atoms with Crippen LogP contribution in [0.4, 0.5) is 0 Å². The van der Waals surface area contributed by atoms with Crippen molar-refractivity contribution in [3.63, 3.8) is 0 Å². The minimum Gasteiger partial charge on any atom is -0.438 e. The Bertz CT molecular complexity index is 1050. The van der Waals surface area contributed by atoms with E-state index in [0.717, 1.165) is 22.3 Å². The molecule has 0 amide bonds. The predicted octanol–water partition coefficient (Wildman–Crippen LogP) is 4.55. The molecule has 0 aliphatic carbocycles. The average Bonchev–Trinajstić information content (AvgIpc) is 3.12. The molecular weight excluding hydrogens is 336 g/mol. The molecule has 0 aliphatic rings. The van der Waals surface area contributed by atoms with Gasteiger partial charge in [-0.15, -0.1) is 0 Å². The van der Waals surface area contributed by atoms with Crippen molar-refractivity contribution in [2.24, 2.45) is 0 Å². The summed E-state index contributed by atoms with van der Waals surface area (Å²) in [5.74, 6) is 0.827. The number of benzene rings is 2. The van der Waals surface area contributed by atoms with Gasteiger partial charge in [0, 0.05) is 30.2 Å². The molecule has 0 radical (unpaired) electrons. The largest absolute Gasteiger partial charge is 0.438 e. The maximum atomic E-state index is 8.88. The quantitative estimate of drug-likeness (QED) is 0.496. The number of rotatable bonds is 6. The van der Waals surface area contributed by atoms with Crippen molar-refractivity contribution >= 4 is 11.1 Å². The van der Waals surface area contributed by atoms with Gasteiger partial charge in [-0.25, -0.2) is 4.98 Å². The molecule has 2 N–H and O–H groups in total. The Balaban J connectivity index is 1.70. The van der Waals surface area contributed by atoms with E-state index in [4.69, 9.17) is 9.52 Å². The number of pyridine rings is 1. The standard InChI is InChI=1S/C23H22N2O2/c1-16-20(18-6-3-2-4-7-18)8-5-9-21(16)22-13-19-12-17(14-24-10-11-26)15-25-23(19)27-22/h2-9,12-13,15,24,26H,10-11,14H2,1H3. The second kappa shape index (κ2) is 7.74. The van der Waals surface area contributed by atoms with Crippen LogP contribution >= 0.6 is 0 Å². The number of nitrogens with zero attached hydrogens (tertiary/aromatic N) is 1. The lowest BCUT2D eigenvalue weighted by Crippen LogP contribution is -2.17. The summed E-state index contributed by atoms with van der Waals surface area (Å²) in [6.45, 7) is 3.50. The lowest BCUT2D eigenvalue weighted by molar-refractivity contribution is 0.292. The van der Waals surface area contributed by atoms with Gasteiger partial charge in [-0.2, -0.15) is 0 Å². The summed E-state index contributed by atoms with van der Waals surface area (Å²) in [6.07, 6.45) is 1.81. The van der Waals surface area contributed by atoms with E-state index in [1.165, 1.54) is 16.7 Å². The van der Waals surface area contributed by atoms with E-state index < -0.39 is 0 Å². The lowest BCUT2D eigenvalue weighted by Gasteiger charge is -2.09. The van der Waals surface area contributed by atoms with Gasteiger partial charge in [0.1, 0.15) is 5.76 Å². The number of aromatic nitrogens is 1. The first-order chi connectivity index (χ1) is 13.3. The zero-order valence-electron chi connectivity index (χ0n) is 15.3. The number of hydrogen-bond donors (Lipinski definition) is 2. The molecule has 27 heavy (non-hydrogen) atoms. The molecule has 2 aromatic carbocycles. The van der Waals surface area contributed by atoms with Crippen molar-refractivity contribution in [3.8, 4) is 22.5 Å². The highest BCUT2D eigenvalue weighted by Gasteiger charge is 2.13. The molecule has 0 saturated carbocycles. The topological polar surface area (TPSA) is 58.3 Å². The third-order valence-corrected chi connectivity index (χ3v) is 4.73. The van der Waals surface area contributed by atoms with E-state index in [1.807, 2.05) is 12.3 Å². The number of hydrogen-bond acceptors (Lipinski definition) is 4. The van der Waals surface area contributed by atoms with Gasteiger partial charge in [0.2, 0.25) is 5.71 Å². The molecule has 2 heterocycles. The zero-order valence-corrected chi connectivity index (χ0v) is 15.3. The summed E-state index contributed by atoms with van der Waals surface area (Å²) in [5, 5.41) is 13.0. The van der Waals surface area contributed by atoms with Gasteiger partial charge in [-0.05, 0) is 41.3 Å². The summed E-state index contributed by atoms with van der Waals surface area (Å²) in [7, 11) is 0. The Kier molecular flexibility index (Phi) is 5.01. The van der Waals surface area contributed by atoms with Crippen molar-refractivity contribution in [2.45, 2.75) is 13.5 Å². The molecule has 0 spiro atoms. The Morgan fingerprint density at radius 1 is 1.00 bits per heavy atom. The minimum atomic E-state index is 0.128. The molecule has 2 aromatic heterocycles. The summed E-state index contributed by atoms with van der Waals surface area (Å²) in [5.41, 5.74) is 6.37. The van der Waals surface area contributed by atoms with E-state index in [9.17, 15) is 0 Å². The molecule has 0 unspecified atom stereocenters. The average molecular weight is 358 g/mol. The van der Waals surface area contributed by atoms with Crippen LogP contribution in [0.5, 0.6) is 0 Å². The molecule has 0 fully saturated rings. The molecule has 4 rings (SSSR count). The van der Waals surface area contributed by atoms with Crippen molar-refractivity contribution in [1.29, 1.82) is 0 Å². The molecule has 4 aromatic rings. The van der Waals surface area contributed by atoms with Crippen LogP contribution in [0, 0.1) is 6.92 Å². The fourth-order valence-electron chi connectivity index (χ4n) is 3.35. The van der Waals surface area contributed by atoms with Gasteiger partial charge < -0.3 is 14.8 Å². The van der Waals surface area contributed by atoms with Crippen molar-refractivity contribution in [1.82, 2.24) is 10.3 Å². The second-order valence-electron chi connectivity index (χ2n) is 6.59. The smallest absolute Gasteiger partial charge is 0.226 e. The third-order valence-electron chi connectivity index (χ3n) is 4.73. The normalized spacial score (nSPS) is 11.2. The summed E-state index contributed by atoms with van der Waals surface area (Å²) in [4.78, 5) is 4.45. The number of aliphatic hydroxyl groups excluding tert-OH is 1. The van der Waals surface area contributed by atoms with Gasteiger partial charge >= 0.3 is 0 Å². The Morgan fingerprint density at radius 3 is 2.63 bits per heavy atom. The fourth-order valence-corrected chi connectivity index (χ4v) is 3.35. The molecule has 0 saturated heterocycles. The zero-order chi connectivity index (χ0) is 18.6. The molecular formula is C23H22N2O2. The van der Waals surface area contributed by atoms with Crippen LogP contribution in [0.3, 0.4) is 0 Å². The van der Waals surface area contributed by atoms with Crippen molar-refractivity contribution < 1.29 is 9.52 Å². The Labute approximate surface area is 158 Å². The molecule has 4 nitrogen and oxygen atoms in total. The number of fused-ring (bicyclic) bond motifs is 1. The van der Waals surface area contributed by atoms with E-state index in [2.05, 4.69) is 71.8 Å². The first-order valence-corrected chi connectivity index (χ1v) is 9.12. The predicted molar refractivity (Wildman–Crippen MR) is 108 cm³/mol. The number of nitrogens with one attached hydrogen (secondary N) is 1. The maximum absolute atomic E-state index is 8.88. The molecule has 0 bridgehead atoms. The number of aliphatic hydroxyl groups is 1. The highest BCUT2D eigenvalue weighted by Crippen LogP contribution is 2.34. The number of furan rings is 1. The van der Waals surface area contributed by atoms with Crippen LogP contribution in [-0.4, -0.2) is 23.2 Å². The van der Waals surface area contributed by atoms with Crippen LogP contribution in [0.15, 0.2) is 71.3 Å². The maximum Gasteiger partial charge on any atom is 0.226 e. The van der Waals surface area contributed by atoms with Crippen LogP contribution < -0.4 is 5.32 Å². The molecule has 4 heteroatoms. The first-order valence-electron chi connectivity index (χ1n) is 9.12. The van der Waals surface area contributed by atoms with E-state index in [1.54, 1.807) is 0 Å². The van der Waals surface area contributed by atoms with Crippen molar-refractivity contribution in [2.75, 3.05) is 13.2 Å². The SMILES string of the molecule is Cc1c(-c2ccccc2)cccc1-c1cc2cc(CNCCO)cnc2o1. The van der Waals surface area contributed by atoms with Gasteiger partial charge in [-0.3, -0.25) is 0 Å². The van der Waals surface area contributed by atoms with Gasteiger partial charge in [0.25, 0.3) is 0 Å². The van der Waals surface area contributed by atoms with Crippen molar-refractivity contribution in [3.05, 3.63) is 78.0 Å².